The van der Waals surface area contributed by atoms with E-state index in [1.54, 1.807) is 36.4 Å². The molecule has 0 spiro atoms. The third-order valence-corrected chi connectivity index (χ3v) is 3.50. The molecule has 0 aliphatic rings. The monoisotopic (exact) mass is 374 g/mol. The molecule has 0 radical (unpaired) electrons. The number of amides is 1. The fourth-order valence-electron chi connectivity index (χ4n) is 1.80. The van der Waals surface area contributed by atoms with Gasteiger partial charge in [0.25, 0.3) is 5.91 Å². The topological polar surface area (TPSA) is 127 Å². The second-order valence-corrected chi connectivity index (χ2v) is 5.60. The van der Waals surface area contributed by atoms with Gasteiger partial charge in [0, 0.05) is 10.7 Å². The molecule has 7 nitrogen and oxygen atoms in total. The van der Waals surface area contributed by atoms with E-state index in [1.807, 2.05) is 0 Å². The maximum Gasteiger partial charge on any atom is 0.257 e. The summed E-state index contributed by atoms with van der Waals surface area (Å²) in [6.07, 6.45) is 0. The molecular weight excluding hydrogens is 363 g/mol. The summed E-state index contributed by atoms with van der Waals surface area (Å²) in [6, 6.07) is 12.9. The van der Waals surface area contributed by atoms with E-state index >= 15 is 0 Å². The number of carbonyl (C=O) groups excluding carboxylic acids is 1. The highest BCUT2D eigenvalue weighted by molar-refractivity contribution is 6.45. The lowest BCUT2D eigenvalue weighted by molar-refractivity contribution is 0.102. The summed E-state index contributed by atoms with van der Waals surface area (Å²) >= 11 is 11.8. The maximum absolute atomic E-state index is 12.3. The fourth-order valence-corrected chi connectivity index (χ4v) is 2.30. The Bertz CT molecular complexity index is 904. The molecule has 0 saturated carbocycles. The highest BCUT2D eigenvalue weighted by Gasteiger charge is 2.11. The van der Waals surface area contributed by atoms with Crippen molar-refractivity contribution in [2.45, 2.75) is 0 Å². The van der Waals surface area contributed by atoms with Crippen molar-refractivity contribution in [3.63, 3.8) is 0 Å². The number of benzene rings is 2. The van der Waals surface area contributed by atoms with Gasteiger partial charge in [-0.2, -0.15) is 10.4 Å². The van der Waals surface area contributed by atoms with Crippen LogP contribution in [0.3, 0.4) is 0 Å². The van der Waals surface area contributed by atoms with E-state index in [-0.39, 0.29) is 16.3 Å². The Labute approximate surface area is 153 Å². The number of amidine groups is 1. The Morgan fingerprint density at radius 3 is 2.56 bits per heavy atom. The van der Waals surface area contributed by atoms with Crippen LogP contribution in [0, 0.1) is 16.7 Å². The average Bonchev–Trinajstić information content (AvgIpc) is 2.55. The molecule has 0 saturated heterocycles. The van der Waals surface area contributed by atoms with Crippen LogP contribution in [-0.2, 0) is 0 Å². The highest BCUT2D eigenvalue weighted by Crippen LogP contribution is 2.23. The van der Waals surface area contributed by atoms with Crippen molar-refractivity contribution in [1.82, 2.24) is 0 Å². The maximum atomic E-state index is 12.3. The number of rotatable bonds is 5. The van der Waals surface area contributed by atoms with Crippen LogP contribution in [0.1, 0.15) is 10.4 Å². The predicted molar refractivity (Wildman–Crippen MR) is 99.4 cm³/mol. The quantitative estimate of drug-likeness (QED) is 0.362. The van der Waals surface area contributed by atoms with Gasteiger partial charge in [0.15, 0.2) is 5.84 Å². The van der Waals surface area contributed by atoms with Crippen molar-refractivity contribution in [2.24, 2.45) is 10.8 Å². The molecule has 2 rings (SSSR count). The van der Waals surface area contributed by atoms with Gasteiger partial charge in [0.05, 0.1) is 16.3 Å². The number of hydrogen-bond donors (Lipinski definition) is 4. The zero-order valence-corrected chi connectivity index (χ0v) is 14.2. The number of nitrogens with one attached hydrogen (secondary N) is 3. The third-order valence-electron chi connectivity index (χ3n) is 2.95. The lowest BCUT2D eigenvalue weighted by atomic mass is 10.2. The van der Waals surface area contributed by atoms with Crippen LogP contribution in [0.15, 0.2) is 47.6 Å². The Balaban J connectivity index is 2.15. The molecule has 0 aliphatic heterocycles. The summed E-state index contributed by atoms with van der Waals surface area (Å²) in [6.45, 7) is 0. The molecule has 9 heteroatoms. The Hall–Kier alpha value is -3.08. The zero-order valence-electron chi connectivity index (χ0n) is 12.7. The summed E-state index contributed by atoms with van der Waals surface area (Å²) in [7, 11) is 0. The van der Waals surface area contributed by atoms with Crippen molar-refractivity contribution in [3.8, 4) is 6.07 Å². The first-order chi connectivity index (χ1) is 11.9. The lowest BCUT2D eigenvalue weighted by Crippen LogP contribution is -2.21. The molecule has 2 aromatic rings. The SMILES string of the molecule is N#C/C(=N\Nc1cccc(NC(=O)c2ccc(Cl)cc2Cl)c1)C(=N)N. The minimum Gasteiger partial charge on any atom is -0.382 e. The molecule has 1 amide bonds. The minimum absolute atomic E-state index is 0.240. The number of carbonyl (C=O) groups is 1. The van der Waals surface area contributed by atoms with Crippen LogP contribution in [0.2, 0.25) is 10.0 Å². The van der Waals surface area contributed by atoms with Crippen molar-refractivity contribution in [3.05, 3.63) is 58.1 Å². The van der Waals surface area contributed by atoms with Crippen molar-refractivity contribution in [2.75, 3.05) is 10.7 Å². The smallest absolute Gasteiger partial charge is 0.257 e. The van der Waals surface area contributed by atoms with E-state index in [0.717, 1.165) is 0 Å². The summed E-state index contributed by atoms with van der Waals surface area (Å²) in [5.74, 6) is -0.847. The summed E-state index contributed by atoms with van der Waals surface area (Å²) in [5, 5.41) is 23.1. The number of anilines is 2. The number of hydrogen-bond acceptors (Lipinski definition) is 5. The predicted octanol–water partition coefficient (Wildman–Crippen LogP) is 3.47. The molecule has 2 aromatic carbocycles. The van der Waals surface area contributed by atoms with Crippen LogP contribution in [0.4, 0.5) is 11.4 Å². The molecule has 0 heterocycles. The van der Waals surface area contributed by atoms with Crippen molar-refractivity contribution >= 4 is 52.0 Å². The van der Waals surface area contributed by atoms with Gasteiger partial charge in [-0.05, 0) is 36.4 Å². The number of halogens is 2. The summed E-state index contributed by atoms with van der Waals surface area (Å²) in [4.78, 5) is 12.3. The van der Waals surface area contributed by atoms with Crippen molar-refractivity contribution in [1.29, 1.82) is 10.7 Å². The van der Waals surface area contributed by atoms with Crippen LogP contribution in [-0.4, -0.2) is 17.5 Å². The van der Waals surface area contributed by atoms with Gasteiger partial charge in [-0.25, -0.2) is 0 Å². The van der Waals surface area contributed by atoms with Gasteiger partial charge in [-0.15, -0.1) is 0 Å². The van der Waals surface area contributed by atoms with E-state index in [2.05, 4.69) is 15.8 Å². The van der Waals surface area contributed by atoms with Gasteiger partial charge in [0.2, 0.25) is 5.71 Å². The van der Waals surface area contributed by atoms with Gasteiger partial charge in [-0.1, -0.05) is 29.3 Å². The van der Waals surface area contributed by atoms with E-state index in [9.17, 15) is 4.79 Å². The van der Waals surface area contributed by atoms with Crippen molar-refractivity contribution < 1.29 is 4.79 Å². The Kier molecular flexibility index (Phi) is 5.95. The molecule has 0 aromatic heterocycles. The first kappa shape index (κ1) is 18.3. The molecule has 0 aliphatic carbocycles. The second-order valence-electron chi connectivity index (χ2n) is 4.76. The Morgan fingerprint density at radius 2 is 1.92 bits per heavy atom. The second kappa shape index (κ2) is 8.15. The molecular formula is C16H12Cl2N6O. The molecule has 0 atom stereocenters. The molecule has 126 valence electrons. The highest BCUT2D eigenvalue weighted by atomic mass is 35.5. The van der Waals surface area contributed by atoms with Crippen LogP contribution < -0.4 is 16.5 Å². The molecule has 25 heavy (non-hydrogen) atoms. The summed E-state index contributed by atoms with van der Waals surface area (Å²) < 4.78 is 0. The van der Waals surface area contributed by atoms with E-state index in [0.29, 0.717) is 16.4 Å². The van der Waals surface area contributed by atoms with E-state index in [4.69, 9.17) is 39.6 Å². The molecule has 0 fully saturated rings. The van der Waals surface area contributed by atoms with E-state index < -0.39 is 11.7 Å². The lowest BCUT2D eigenvalue weighted by Gasteiger charge is -2.09. The molecule has 0 unspecified atom stereocenters. The molecule has 5 N–H and O–H groups in total. The minimum atomic E-state index is -0.447. The zero-order chi connectivity index (χ0) is 18.4. The van der Waals surface area contributed by atoms with E-state index in [1.165, 1.54) is 12.1 Å². The van der Waals surface area contributed by atoms with Gasteiger partial charge in [-0.3, -0.25) is 15.6 Å². The third kappa shape index (κ3) is 4.94. The van der Waals surface area contributed by atoms with Gasteiger partial charge in [0.1, 0.15) is 6.07 Å². The Morgan fingerprint density at radius 1 is 1.20 bits per heavy atom. The van der Waals surface area contributed by atoms with Crippen LogP contribution in [0.5, 0.6) is 0 Å². The fraction of sp³-hybridized carbons (Fsp3) is 0. The average molecular weight is 375 g/mol. The van der Waals surface area contributed by atoms with Gasteiger partial charge >= 0.3 is 0 Å². The normalized spacial score (nSPS) is 10.7. The van der Waals surface area contributed by atoms with Crippen LogP contribution >= 0.6 is 23.2 Å². The first-order valence-electron chi connectivity index (χ1n) is 6.85. The van der Waals surface area contributed by atoms with Crippen LogP contribution in [0.25, 0.3) is 0 Å². The largest absolute Gasteiger partial charge is 0.382 e. The molecule has 0 bridgehead atoms. The first-order valence-corrected chi connectivity index (χ1v) is 7.61. The number of nitriles is 1. The number of nitrogens with zero attached hydrogens (tertiary/aromatic N) is 2. The number of nitrogens with two attached hydrogens (primary N) is 1. The summed E-state index contributed by atoms with van der Waals surface area (Å²) in [5.41, 5.74) is 8.82. The van der Waals surface area contributed by atoms with Gasteiger partial charge < -0.3 is 11.1 Å². The standard InChI is InChI=1S/C16H12Cl2N6O/c17-9-4-5-12(13(18)6-9)16(25)22-10-2-1-3-11(7-10)23-24-14(8-19)15(20)21/h1-7,23H,(H3,20,21)(H,22,25)/b24-14+. The number of hydrazone groups is 1.